The molecule has 0 atom stereocenters. The van der Waals surface area contributed by atoms with Gasteiger partial charge < -0.3 is 14.4 Å². The van der Waals surface area contributed by atoms with Gasteiger partial charge in [0, 0.05) is 24.5 Å². The SMILES string of the molecule is CCCOc1ccc2c(CCO)noc2c1. The Morgan fingerprint density at radius 1 is 1.44 bits per heavy atom. The maximum absolute atomic E-state index is 8.86. The number of aromatic nitrogens is 1. The highest BCUT2D eigenvalue weighted by molar-refractivity contribution is 5.80. The van der Waals surface area contributed by atoms with Crippen molar-refractivity contribution in [2.24, 2.45) is 0 Å². The molecule has 0 saturated carbocycles. The lowest BCUT2D eigenvalue weighted by atomic mass is 10.2. The molecule has 0 fully saturated rings. The van der Waals surface area contributed by atoms with Crippen LogP contribution in [0, 0.1) is 0 Å². The van der Waals surface area contributed by atoms with E-state index in [0.29, 0.717) is 18.6 Å². The van der Waals surface area contributed by atoms with Crippen LogP contribution < -0.4 is 4.74 Å². The zero-order chi connectivity index (χ0) is 11.4. The summed E-state index contributed by atoms with van der Waals surface area (Å²) in [6.45, 7) is 2.84. The minimum absolute atomic E-state index is 0.0791. The molecule has 0 aliphatic rings. The van der Waals surface area contributed by atoms with Crippen molar-refractivity contribution in [2.45, 2.75) is 19.8 Å². The first kappa shape index (κ1) is 11.0. The van der Waals surface area contributed by atoms with E-state index in [-0.39, 0.29) is 6.61 Å². The lowest BCUT2D eigenvalue weighted by Crippen LogP contribution is -1.94. The average molecular weight is 221 g/mol. The number of ether oxygens (including phenoxy) is 1. The molecule has 0 amide bonds. The number of hydrogen-bond acceptors (Lipinski definition) is 4. The molecule has 4 heteroatoms. The highest BCUT2D eigenvalue weighted by atomic mass is 16.5. The quantitative estimate of drug-likeness (QED) is 0.840. The number of rotatable bonds is 5. The third-order valence-electron chi connectivity index (χ3n) is 2.34. The summed E-state index contributed by atoms with van der Waals surface area (Å²) in [6, 6.07) is 5.65. The first-order chi connectivity index (χ1) is 7.85. The highest BCUT2D eigenvalue weighted by Gasteiger charge is 2.08. The van der Waals surface area contributed by atoms with Gasteiger partial charge in [-0.05, 0) is 18.6 Å². The van der Waals surface area contributed by atoms with Crippen molar-refractivity contribution in [3.8, 4) is 5.75 Å². The summed E-state index contributed by atoms with van der Waals surface area (Å²) in [4.78, 5) is 0. The lowest BCUT2D eigenvalue weighted by molar-refractivity contribution is 0.295. The van der Waals surface area contributed by atoms with Gasteiger partial charge >= 0.3 is 0 Å². The molecule has 0 spiro atoms. The van der Waals surface area contributed by atoms with E-state index >= 15 is 0 Å². The molecule has 0 saturated heterocycles. The van der Waals surface area contributed by atoms with Gasteiger partial charge in [-0.25, -0.2) is 0 Å². The van der Waals surface area contributed by atoms with Crippen LogP contribution in [0.15, 0.2) is 22.7 Å². The van der Waals surface area contributed by atoms with Crippen LogP contribution in [0.25, 0.3) is 11.0 Å². The van der Waals surface area contributed by atoms with E-state index in [9.17, 15) is 0 Å². The van der Waals surface area contributed by atoms with Gasteiger partial charge in [-0.2, -0.15) is 0 Å². The Morgan fingerprint density at radius 3 is 3.06 bits per heavy atom. The summed E-state index contributed by atoms with van der Waals surface area (Å²) in [5.74, 6) is 0.793. The molecule has 16 heavy (non-hydrogen) atoms. The molecule has 0 aliphatic heterocycles. The lowest BCUT2D eigenvalue weighted by Gasteiger charge is -2.02. The van der Waals surface area contributed by atoms with E-state index < -0.39 is 0 Å². The standard InChI is InChI=1S/C12H15NO3/c1-2-7-15-9-3-4-10-11(5-6-14)13-16-12(10)8-9/h3-4,8,14H,2,5-7H2,1H3. The molecule has 4 nitrogen and oxygen atoms in total. The molecule has 1 N–H and O–H groups in total. The first-order valence-electron chi connectivity index (χ1n) is 5.47. The molecule has 2 aromatic rings. The van der Waals surface area contributed by atoms with Gasteiger partial charge in [-0.15, -0.1) is 0 Å². The van der Waals surface area contributed by atoms with Crippen LogP contribution in [-0.4, -0.2) is 23.5 Å². The second-order valence-electron chi connectivity index (χ2n) is 3.61. The van der Waals surface area contributed by atoms with Crippen LogP contribution in [-0.2, 0) is 6.42 Å². The molecule has 0 bridgehead atoms. The van der Waals surface area contributed by atoms with Crippen molar-refractivity contribution < 1.29 is 14.4 Å². The van der Waals surface area contributed by atoms with Crippen molar-refractivity contribution >= 4 is 11.0 Å². The van der Waals surface area contributed by atoms with Crippen molar-refractivity contribution in [2.75, 3.05) is 13.2 Å². The molecule has 0 radical (unpaired) electrons. The molecular weight excluding hydrogens is 206 g/mol. The number of hydrogen-bond donors (Lipinski definition) is 1. The van der Waals surface area contributed by atoms with Gasteiger partial charge in [0.05, 0.1) is 12.3 Å². The Balaban J connectivity index is 2.26. The topological polar surface area (TPSA) is 55.5 Å². The molecule has 0 unspecified atom stereocenters. The molecule has 0 aliphatic carbocycles. The Kier molecular flexibility index (Phi) is 3.41. The third-order valence-corrected chi connectivity index (χ3v) is 2.34. The van der Waals surface area contributed by atoms with E-state index in [1.54, 1.807) is 0 Å². The Morgan fingerprint density at radius 2 is 2.31 bits per heavy atom. The molecule has 1 heterocycles. The van der Waals surface area contributed by atoms with Gasteiger partial charge in [-0.1, -0.05) is 12.1 Å². The van der Waals surface area contributed by atoms with Crippen molar-refractivity contribution in [3.05, 3.63) is 23.9 Å². The molecular formula is C12H15NO3. The maximum atomic E-state index is 8.86. The van der Waals surface area contributed by atoms with Gasteiger partial charge in [-0.3, -0.25) is 0 Å². The smallest absolute Gasteiger partial charge is 0.170 e. The summed E-state index contributed by atoms with van der Waals surface area (Å²) < 4.78 is 10.7. The summed E-state index contributed by atoms with van der Waals surface area (Å²) >= 11 is 0. The predicted molar refractivity (Wildman–Crippen MR) is 60.6 cm³/mol. The van der Waals surface area contributed by atoms with Gasteiger partial charge in [0.2, 0.25) is 0 Å². The van der Waals surface area contributed by atoms with Crippen LogP contribution in [0.5, 0.6) is 5.75 Å². The summed E-state index contributed by atoms with van der Waals surface area (Å²) in [5.41, 5.74) is 1.50. The fraction of sp³-hybridized carbons (Fsp3) is 0.417. The molecule has 1 aromatic carbocycles. The van der Waals surface area contributed by atoms with Crippen LogP contribution >= 0.6 is 0 Å². The molecule has 1 aromatic heterocycles. The highest BCUT2D eigenvalue weighted by Crippen LogP contribution is 2.24. The van der Waals surface area contributed by atoms with Gasteiger partial charge in [0.15, 0.2) is 5.58 Å². The third kappa shape index (κ3) is 2.17. The number of nitrogens with zero attached hydrogens (tertiary/aromatic N) is 1. The number of aliphatic hydroxyl groups excluding tert-OH is 1. The van der Waals surface area contributed by atoms with Gasteiger partial charge in [0.25, 0.3) is 0 Å². The zero-order valence-corrected chi connectivity index (χ0v) is 9.27. The Bertz CT molecular complexity index is 464. The first-order valence-corrected chi connectivity index (χ1v) is 5.47. The van der Waals surface area contributed by atoms with E-state index in [1.165, 1.54) is 0 Å². The second kappa shape index (κ2) is 4.99. The average Bonchev–Trinajstić information content (AvgIpc) is 2.70. The summed E-state index contributed by atoms with van der Waals surface area (Å²) in [5, 5.41) is 13.7. The zero-order valence-electron chi connectivity index (χ0n) is 9.27. The van der Waals surface area contributed by atoms with Crippen molar-refractivity contribution in [1.82, 2.24) is 5.16 Å². The van der Waals surface area contributed by atoms with E-state index in [2.05, 4.69) is 12.1 Å². The molecule has 86 valence electrons. The van der Waals surface area contributed by atoms with Crippen molar-refractivity contribution in [3.63, 3.8) is 0 Å². The number of fused-ring (bicyclic) bond motifs is 1. The van der Waals surface area contributed by atoms with Crippen LogP contribution in [0.1, 0.15) is 19.0 Å². The summed E-state index contributed by atoms with van der Waals surface area (Å²) in [7, 11) is 0. The second-order valence-corrected chi connectivity index (χ2v) is 3.61. The van der Waals surface area contributed by atoms with Gasteiger partial charge in [0.1, 0.15) is 5.75 Å². The van der Waals surface area contributed by atoms with Crippen LogP contribution in [0.3, 0.4) is 0 Å². The largest absolute Gasteiger partial charge is 0.493 e. The monoisotopic (exact) mass is 221 g/mol. The van der Waals surface area contributed by atoms with Crippen LogP contribution in [0.4, 0.5) is 0 Å². The van der Waals surface area contributed by atoms with E-state index in [4.69, 9.17) is 14.4 Å². The normalized spacial score (nSPS) is 10.9. The van der Waals surface area contributed by atoms with Crippen LogP contribution in [0.2, 0.25) is 0 Å². The van der Waals surface area contributed by atoms with E-state index in [0.717, 1.165) is 23.3 Å². The molecule has 2 rings (SSSR count). The number of aliphatic hydroxyl groups is 1. The summed E-state index contributed by atoms with van der Waals surface area (Å²) in [6.07, 6.45) is 1.49. The van der Waals surface area contributed by atoms with Crippen molar-refractivity contribution in [1.29, 1.82) is 0 Å². The van der Waals surface area contributed by atoms with E-state index in [1.807, 2.05) is 18.2 Å². The predicted octanol–water partition coefficient (Wildman–Crippen LogP) is 2.15. The fourth-order valence-corrected chi connectivity index (χ4v) is 1.57. The fourth-order valence-electron chi connectivity index (χ4n) is 1.57. The Labute approximate surface area is 93.8 Å². The Hall–Kier alpha value is -1.55. The minimum atomic E-state index is 0.0791. The number of benzene rings is 1. The minimum Gasteiger partial charge on any atom is -0.493 e. The maximum Gasteiger partial charge on any atom is 0.170 e.